The van der Waals surface area contributed by atoms with Crippen LogP contribution in [0.4, 0.5) is 0 Å². The second-order valence-electron chi connectivity index (χ2n) is 3.10. The zero-order valence-corrected chi connectivity index (χ0v) is 12.8. The molecule has 0 radical (unpaired) electrons. The molecule has 0 aromatic carbocycles. The fourth-order valence-electron chi connectivity index (χ4n) is 1.21. The standard InChI is InChI=1S/C8H18O4S.K/c1-2-8(13(10,11)12)6-4-3-5-7-9;/h8-9H,2-7H2,1H3,(H,10,11,12);/q;+1/p-1. The molecule has 14 heavy (non-hydrogen) atoms. The normalized spacial score (nSPS) is 13.4. The fraction of sp³-hybridized carbons (Fsp3) is 1.00. The van der Waals surface area contributed by atoms with Crippen LogP contribution in [0.15, 0.2) is 0 Å². The first-order valence-corrected chi connectivity index (χ1v) is 6.05. The molecule has 0 rings (SSSR count). The molecular formula is C8H17KO4S. The van der Waals surface area contributed by atoms with E-state index in [1.165, 1.54) is 0 Å². The minimum atomic E-state index is -4.11. The van der Waals surface area contributed by atoms with E-state index in [1.807, 2.05) is 0 Å². The van der Waals surface area contributed by atoms with Crippen LogP contribution in [0.3, 0.4) is 0 Å². The van der Waals surface area contributed by atoms with Gasteiger partial charge in [-0.3, -0.25) is 0 Å². The molecule has 4 nitrogen and oxygen atoms in total. The molecular weight excluding hydrogens is 231 g/mol. The zero-order chi connectivity index (χ0) is 10.3. The van der Waals surface area contributed by atoms with Gasteiger partial charge in [0, 0.05) is 11.9 Å². The van der Waals surface area contributed by atoms with Gasteiger partial charge in [0.1, 0.15) is 0 Å². The second kappa shape index (κ2) is 9.71. The van der Waals surface area contributed by atoms with E-state index in [4.69, 9.17) is 5.11 Å². The number of hydrogen-bond acceptors (Lipinski definition) is 4. The van der Waals surface area contributed by atoms with Crippen molar-refractivity contribution in [2.24, 2.45) is 0 Å². The number of unbranched alkanes of at least 4 members (excludes halogenated alkanes) is 2. The summed E-state index contributed by atoms with van der Waals surface area (Å²) in [5, 5.41) is 7.72. The van der Waals surface area contributed by atoms with Crippen molar-refractivity contribution >= 4 is 10.1 Å². The first-order chi connectivity index (χ1) is 6.02. The Hall–Kier alpha value is 1.51. The van der Waals surface area contributed by atoms with Crippen LogP contribution in [-0.4, -0.2) is 29.9 Å². The minimum Gasteiger partial charge on any atom is -0.748 e. The molecule has 80 valence electrons. The molecule has 0 spiro atoms. The van der Waals surface area contributed by atoms with Gasteiger partial charge >= 0.3 is 51.4 Å². The largest absolute Gasteiger partial charge is 1.00 e. The molecule has 0 heterocycles. The van der Waals surface area contributed by atoms with Gasteiger partial charge in [-0.2, -0.15) is 0 Å². The molecule has 0 saturated heterocycles. The second-order valence-corrected chi connectivity index (χ2v) is 4.75. The van der Waals surface area contributed by atoms with Crippen molar-refractivity contribution in [3.05, 3.63) is 0 Å². The third-order valence-corrected chi connectivity index (χ3v) is 3.43. The van der Waals surface area contributed by atoms with E-state index >= 15 is 0 Å². The van der Waals surface area contributed by atoms with E-state index in [0.717, 1.165) is 6.42 Å². The summed E-state index contributed by atoms with van der Waals surface area (Å²) < 4.78 is 31.9. The molecule has 1 atom stereocenters. The molecule has 0 aliphatic carbocycles. The van der Waals surface area contributed by atoms with E-state index in [-0.39, 0.29) is 58.0 Å². The average molecular weight is 248 g/mol. The Labute approximate surface area is 129 Å². The van der Waals surface area contributed by atoms with Crippen LogP contribution in [0, 0.1) is 0 Å². The molecule has 0 aromatic heterocycles. The van der Waals surface area contributed by atoms with E-state index in [2.05, 4.69) is 0 Å². The van der Waals surface area contributed by atoms with Gasteiger partial charge in [0.15, 0.2) is 0 Å². The Morgan fingerprint density at radius 2 is 1.86 bits per heavy atom. The smallest absolute Gasteiger partial charge is 0.748 e. The van der Waals surface area contributed by atoms with Crippen LogP contribution in [0.25, 0.3) is 0 Å². The van der Waals surface area contributed by atoms with Crippen LogP contribution in [-0.2, 0) is 10.1 Å². The van der Waals surface area contributed by atoms with Crippen LogP contribution in [0.1, 0.15) is 39.0 Å². The van der Waals surface area contributed by atoms with Crippen LogP contribution >= 0.6 is 0 Å². The summed E-state index contributed by atoms with van der Waals surface area (Å²) in [6, 6.07) is 0. The Kier molecular flexibility index (Phi) is 12.4. The van der Waals surface area contributed by atoms with E-state index in [9.17, 15) is 13.0 Å². The third kappa shape index (κ3) is 8.79. The van der Waals surface area contributed by atoms with Crippen LogP contribution < -0.4 is 51.4 Å². The first kappa shape index (κ1) is 17.9. The van der Waals surface area contributed by atoms with Crippen molar-refractivity contribution in [1.82, 2.24) is 0 Å². The topological polar surface area (TPSA) is 77.4 Å². The quantitative estimate of drug-likeness (QED) is 0.317. The maximum absolute atomic E-state index is 10.6. The molecule has 0 bridgehead atoms. The van der Waals surface area contributed by atoms with Gasteiger partial charge in [0.25, 0.3) is 0 Å². The Bertz CT molecular complexity index is 215. The maximum atomic E-state index is 10.6. The minimum absolute atomic E-state index is 0. The molecule has 1 unspecified atom stereocenters. The van der Waals surface area contributed by atoms with Crippen LogP contribution in [0.2, 0.25) is 0 Å². The molecule has 0 aliphatic rings. The van der Waals surface area contributed by atoms with Crippen molar-refractivity contribution < 1.29 is 69.5 Å². The SMILES string of the molecule is CCC(CCCCCO)S(=O)(=O)[O-].[K+]. The summed E-state index contributed by atoms with van der Waals surface area (Å²) in [5.74, 6) is 0. The number of hydrogen-bond donors (Lipinski definition) is 1. The summed E-state index contributed by atoms with van der Waals surface area (Å²) in [6.07, 6.45) is 2.95. The van der Waals surface area contributed by atoms with E-state index < -0.39 is 15.4 Å². The Morgan fingerprint density at radius 1 is 1.29 bits per heavy atom. The van der Waals surface area contributed by atoms with Gasteiger partial charge in [-0.05, 0) is 19.3 Å². The predicted molar refractivity (Wildman–Crippen MR) is 49.3 cm³/mol. The van der Waals surface area contributed by atoms with Gasteiger partial charge in [0.05, 0.1) is 10.1 Å². The molecule has 0 aliphatic heterocycles. The molecule has 6 heteroatoms. The van der Waals surface area contributed by atoms with Crippen molar-refractivity contribution in [3.63, 3.8) is 0 Å². The van der Waals surface area contributed by atoms with Gasteiger partial charge in [-0.15, -0.1) is 0 Å². The van der Waals surface area contributed by atoms with Crippen molar-refractivity contribution in [2.75, 3.05) is 6.61 Å². The Morgan fingerprint density at radius 3 is 2.21 bits per heavy atom. The van der Waals surface area contributed by atoms with Crippen LogP contribution in [0.5, 0.6) is 0 Å². The number of rotatable bonds is 7. The summed E-state index contributed by atoms with van der Waals surface area (Å²) in [4.78, 5) is 0. The summed E-state index contributed by atoms with van der Waals surface area (Å²) in [5.41, 5.74) is 0. The maximum Gasteiger partial charge on any atom is 1.00 e. The average Bonchev–Trinajstić information content (AvgIpc) is 2.02. The van der Waals surface area contributed by atoms with Crippen molar-refractivity contribution in [3.8, 4) is 0 Å². The molecule has 0 saturated carbocycles. The van der Waals surface area contributed by atoms with Gasteiger partial charge in [-0.25, -0.2) is 8.42 Å². The van der Waals surface area contributed by atoms with Gasteiger partial charge in [0.2, 0.25) is 0 Å². The summed E-state index contributed by atoms with van der Waals surface area (Å²) in [6.45, 7) is 1.83. The molecule has 0 fully saturated rings. The molecule has 0 amide bonds. The Balaban J connectivity index is 0. The fourth-order valence-corrected chi connectivity index (χ4v) is 2.08. The summed E-state index contributed by atoms with van der Waals surface area (Å²) >= 11 is 0. The van der Waals surface area contributed by atoms with E-state index in [1.54, 1.807) is 6.92 Å². The van der Waals surface area contributed by atoms with Crippen molar-refractivity contribution in [2.45, 2.75) is 44.3 Å². The molecule has 0 aromatic rings. The number of aliphatic hydroxyl groups is 1. The van der Waals surface area contributed by atoms with Crippen molar-refractivity contribution in [1.29, 1.82) is 0 Å². The predicted octanol–water partition coefficient (Wildman–Crippen LogP) is -2.13. The zero-order valence-electron chi connectivity index (χ0n) is 8.90. The van der Waals surface area contributed by atoms with Gasteiger partial charge < -0.3 is 9.66 Å². The third-order valence-electron chi connectivity index (χ3n) is 2.05. The summed E-state index contributed by atoms with van der Waals surface area (Å²) in [7, 11) is -4.11. The molecule has 1 N–H and O–H groups in total. The monoisotopic (exact) mass is 248 g/mol. The van der Waals surface area contributed by atoms with E-state index in [0.29, 0.717) is 25.7 Å². The number of aliphatic hydroxyl groups excluding tert-OH is 1. The van der Waals surface area contributed by atoms with Gasteiger partial charge in [-0.1, -0.05) is 19.8 Å². The first-order valence-electron chi connectivity index (χ1n) is 4.58.